The molecule has 1 aromatic carbocycles. The summed E-state index contributed by atoms with van der Waals surface area (Å²) in [6.45, 7) is 1.36. The van der Waals surface area contributed by atoms with E-state index in [1.54, 1.807) is 5.43 Å². The zero-order valence-electron chi connectivity index (χ0n) is 9.95. The van der Waals surface area contributed by atoms with Crippen LogP contribution in [0.25, 0.3) is 0 Å². The van der Waals surface area contributed by atoms with Crippen molar-refractivity contribution in [1.29, 1.82) is 0 Å². The molecule has 0 spiro atoms. The molecular weight excluding hydrogens is 283 g/mol. The average Bonchev–Trinajstić information content (AvgIpc) is 2.33. The number of nitro groups is 1. The van der Waals surface area contributed by atoms with Crippen LogP contribution >= 0.6 is 0 Å². The van der Waals surface area contributed by atoms with E-state index in [1.807, 2.05) is 0 Å². The van der Waals surface area contributed by atoms with Crippen LogP contribution in [0.5, 0.6) is 0 Å². The Labute approximate surface area is 109 Å². The maximum absolute atomic E-state index is 11.9. The number of halogens is 3. The quantitative estimate of drug-likeness (QED) is 0.632. The van der Waals surface area contributed by atoms with Crippen molar-refractivity contribution in [2.24, 2.45) is 0 Å². The Hall–Kier alpha value is -2.65. The molecule has 1 rings (SSSR count). The highest BCUT2D eigenvalue weighted by Crippen LogP contribution is 2.18. The Kier molecular flexibility index (Phi) is 4.27. The van der Waals surface area contributed by atoms with Crippen molar-refractivity contribution in [1.82, 2.24) is 10.9 Å². The molecule has 7 nitrogen and oxygen atoms in total. The molecule has 0 heterocycles. The van der Waals surface area contributed by atoms with Gasteiger partial charge in [0.1, 0.15) is 0 Å². The maximum Gasteiger partial charge on any atom is 0.472 e. The van der Waals surface area contributed by atoms with Gasteiger partial charge in [0.25, 0.3) is 11.6 Å². The van der Waals surface area contributed by atoms with E-state index >= 15 is 0 Å². The van der Waals surface area contributed by atoms with Crippen LogP contribution < -0.4 is 10.9 Å². The molecule has 0 saturated carbocycles. The summed E-state index contributed by atoms with van der Waals surface area (Å²) >= 11 is 0. The first kappa shape index (κ1) is 15.4. The van der Waals surface area contributed by atoms with Crippen LogP contribution in [0, 0.1) is 17.0 Å². The van der Waals surface area contributed by atoms with Crippen molar-refractivity contribution in [2.45, 2.75) is 13.1 Å². The molecule has 10 heteroatoms. The van der Waals surface area contributed by atoms with Crippen molar-refractivity contribution in [3.8, 4) is 0 Å². The van der Waals surface area contributed by atoms with Gasteiger partial charge in [0.15, 0.2) is 0 Å². The third-order valence-corrected chi connectivity index (χ3v) is 2.20. The van der Waals surface area contributed by atoms with Crippen molar-refractivity contribution in [3.63, 3.8) is 0 Å². The number of amides is 2. The van der Waals surface area contributed by atoms with E-state index in [4.69, 9.17) is 0 Å². The molecule has 20 heavy (non-hydrogen) atoms. The van der Waals surface area contributed by atoms with Gasteiger partial charge in [-0.2, -0.15) is 13.2 Å². The minimum Gasteiger partial charge on any atom is -0.267 e. The molecule has 0 radical (unpaired) electrons. The van der Waals surface area contributed by atoms with E-state index in [0.717, 1.165) is 18.2 Å². The van der Waals surface area contributed by atoms with Crippen molar-refractivity contribution >= 4 is 17.5 Å². The molecule has 0 bridgehead atoms. The zero-order chi connectivity index (χ0) is 15.5. The van der Waals surface area contributed by atoms with Crippen LogP contribution in [-0.2, 0) is 4.79 Å². The number of hydrazine groups is 1. The molecule has 0 aromatic heterocycles. The fourth-order valence-corrected chi connectivity index (χ4v) is 1.26. The predicted octanol–water partition coefficient (Wildman–Crippen LogP) is 1.23. The van der Waals surface area contributed by atoms with Crippen LogP contribution in [0.2, 0.25) is 0 Å². The number of nitro benzene ring substituents is 1. The van der Waals surface area contributed by atoms with Gasteiger partial charge in [0.2, 0.25) is 0 Å². The molecule has 0 aliphatic carbocycles. The van der Waals surface area contributed by atoms with Gasteiger partial charge in [-0.25, -0.2) is 0 Å². The Bertz CT molecular complexity index is 571. The third kappa shape index (κ3) is 3.67. The summed E-state index contributed by atoms with van der Waals surface area (Å²) in [5, 5.41) is 10.6. The summed E-state index contributed by atoms with van der Waals surface area (Å²) in [6.07, 6.45) is -5.13. The first-order chi connectivity index (χ1) is 9.12. The second kappa shape index (κ2) is 5.55. The number of alkyl halides is 3. The van der Waals surface area contributed by atoms with Crippen molar-refractivity contribution < 1.29 is 27.7 Å². The molecule has 2 amide bonds. The van der Waals surface area contributed by atoms with Crippen LogP contribution in [-0.4, -0.2) is 22.9 Å². The van der Waals surface area contributed by atoms with Gasteiger partial charge in [-0.3, -0.25) is 30.6 Å². The SMILES string of the molecule is Cc1cc(C(=O)NNC(=O)C(F)(F)F)ccc1[N+](=O)[O-]. The highest BCUT2D eigenvalue weighted by Gasteiger charge is 2.39. The summed E-state index contributed by atoms with van der Waals surface area (Å²) in [5.74, 6) is -3.36. The van der Waals surface area contributed by atoms with E-state index < -0.39 is 22.9 Å². The van der Waals surface area contributed by atoms with Gasteiger partial charge in [-0.05, 0) is 19.1 Å². The maximum atomic E-state index is 11.9. The number of nitrogens with zero attached hydrogens (tertiary/aromatic N) is 1. The summed E-state index contributed by atoms with van der Waals surface area (Å²) < 4.78 is 35.6. The van der Waals surface area contributed by atoms with E-state index in [1.165, 1.54) is 12.3 Å². The first-order valence-corrected chi connectivity index (χ1v) is 5.05. The largest absolute Gasteiger partial charge is 0.472 e. The molecule has 0 aliphatic rings. The first-order valence-electron chi connectivity index (χ1n) is 5.05. The van der Waals surface area contributed by atoms with Gasteiger partial charge in [0.05, 0.1) is 4.92 Å². The fourth-order valence-electron chi connectivity index (χ4n) is 1.26. The number of carbonyl (C=O) groups excluding carboxylic acids is 2. The average molecular weight is 291 g/mol. The monoisotopic (exact) mass is 291 g/mol. The number of benzene rings is 1. The number of rotatable bonds is 2. The van der Waals surface area contributed by atoms with Gasteiger partial charge in [-0.1, -0.05) is 0 Å². The lowest BCUT2D eigenvalue weighted by Crippen LogP contribution is -2.47. The Morgan fingerprint density at radius 2 is 1.85 bits per heavy atom. The minimum atomic E-state index is -5.13. The molecular formula is C10H8F3N3O4. The fraction of sp³-hybridized carbons (Fsp3) is 0.200. The van der Waals surface area contributed by atoms with Crippen LogP contribution in [0.3, 0.4) is 0 Å². The van der Waals surface area contributed by atoms with Gasteiger partial charge >= 0.3 is 12.1 Å². The number of carbonyl (C=O) groups is 2. The summed E-state index contributed by atoms with van der Waals surface area (Å²) in [6, 6.07) is 3.21. The molecule has 0 atom stereocenters. The summed E-state index contributed by atoms with van der Waals surface area (Å²) in [5.41, 5.74) is 2.53. The molecule has 1 aromatic rings. The van der Waals surface area contributed by atoms with E-state index in [-0.39, 0.29) is 16.8 Å². The Balaban J connectivity index is 2.77. The number of nitrogens with one attached hydrogen (secondary N) is 2. The number of aryl methyl sites for hydroxylation is 1. The molecule has 0 saturated heterocycles. The normalized spacial score (nSPS) is 10.8. The minimum absolute atomic E-state index is 0.129. The third-order valence-electron chi connectivity index (χ3n) is 2.20. The molecule has 2 N–H and O–H groups in total. The molecule has 108 valence electrons. The topological polar surface area (TPSA) is 101 Å². The summed E-state index contributed by atoms with van der Waals surface area (Å²) in [4.78, 5) is 31.8. The van der Waals surface area contributed by atoms with E-state index in [0.29, 0.717) is 0 Å². The van der Waals surface area contributed by atoms with Gasteiger partial charge < -0.3 is 0 Å². The van der Waals surface area contributed by atoms with Crippen LogP contribution in [0.1, 0.15) is 15.9 Å². The summed E-state index contributed by atoms with van der Waals surface area (Å²) in [7, 11) is 0. The van der Waals surface area contributed by atoms with Crippen LogP contribution in [0.15, 0.2) is 18.2 Å². The Morgan fingerprint density at radius 3 is 2.30 bits per heavy atom. The second-order valence-corrected chi connectivity index (χ2v) is 3.66. The number of hydrogen-bond donors (Lipinski definition) is 2. The highest BCUT2D eigenvalue weighted by molar-refractivity contribution is 5.96. The lowest BCUT2D eigenvalue weighted by atomic mass is 10.1. The number of hydrogen-bond acceptors (Lipinski definition) is 4. The van der Waals surface area contributed by atoms with Crippen molar-refractivity contribution in [2.75, 3.05) is 0 Å². The van der Waals surface area contributed by atoms with E-state index in [9.17, 15) is 32.9 Å². The lowest BCUT2D eigenvalue weighted by molar-refractivity contribution is -0.385. The van der Waals surface area contributed by atoms with Crippen LogP contribution in [0.4, 0.5) is 18.9 Å². The standard InChI is InChI=1S/C10H8F3N3O4/c1-5-4-6(2-3-7(5)16(19)20)8(17)14-15-9(18)10(11,12)13/h2-4H,1H3,(H,14,17)(H,15,18). The van der Waals surface area contributed by atoms with Crippen molar-refractivity contribution in [3.05, 3.63) is 39.4 Å². The van der Waals surface area contributed by atoms with Gasteiger partial charge in [-0.15, -0.1) is 0 Å². The Morgan fingerprint density at radius 1 is 1.25 bits per heavy atom. The zero-order valence-corrected chi connectivity index (χ0v) is 9.95. The smallest absolute Gasteiger partial charge is 0.267 e. The highest BCUT2D eigenvalue weighted by atomic mass is 19.4. The molecule has 0 unspecified atom stereocenters. The van der Waals surface area contributed by atoms with Gasteiger partial charge in [0, 0.05) is 17.2 Å². The molecule has 0 fully saturated rings. The molecule has 0 aliphatic heterocycles. The second-order valence-electron chi connectivity index (χ2n) is 3.66. The predicted molar refractivity (Wildman–Crippen MR) is 59.5 cm³/mol. The van der Waals surface area contributed by atoms with E-state index in [2.05, 4.69) is 0 Å². The lowest BCUT2D eigenvalue weighted by Gasteiger charge is -2.09.